The molecule has 9 nitrogen and oxygen atoms in total. The van der Waals surface area contributed by atoms with E-state index in [0.717, 1.165) is 17.9 Å². The molecule has 0 spiro atoms. The number of ether oxygens (including phenoxy) is 2. The summed E-state index contributed by atoms with van der Waals surface area (Å²) in [7, 11) is 1.25. The summed E-state index contributed by atoms with van der Waals surface area (Å²) in [6, 6.07) is 14.6. The van der Waals surface area contributed by atoms with Crippen molar-refractivity contribution in [3.8, 4) is 17.5 Å². The lowest BCUT2D eigenvalue weighted by atomic mass is 10.1. The molecule has 1 aliphatic rings. The highest BCUT2D eigenvalue weighted by Crippen LogP contribution is 2.32. The average molecular weight is 522 g/mol. The molecule has 37 heavy (non-hydrogen) atoms. The largest absolute Gasteiger partial charge is 0.494 e. The molecule has 2 aromatic carbocycles. The molecule has 1 saturated heterocycles. The van der Waals surface area contributed by atoms with Crippen LogP contribution in [-0.4, -0.2) is 61.2 Å². The molecule has 1 amide bonds. The average Bonchev–Trinajstić information content (AvgIpc) is 3.27. The summed E-state index contributed by atoms with van der Waals surface area (Å²) in [6.07, 6.45) is 2.41. The minimum Gasteiger partial charge on any atom is -0.494 e. The normalized spacial score (nSPS) is 13.2. The van der Waals surface area contributed by atoms with Gasteiger partial charge in [0, 0.05) is 43.6 Å². The third-order valence-corrected chi connectivity index (χ3v) is 6.54. The van der Waals surface area contributed by atoms with Gasteiger partial charge in [-0.2, -0.15) is 5.26 Å². The van der Waals surface area contributed by atoms with Crippen molar-refractivity contribution >= 4 is 34.9 Å². The number of carbonyl (C=O) groups is 2. The van der Waals surface area contributed by atoms with Gasteiger partial charge in [-0.15, -0.1) is 0 Å². The molecular formula is C27H28ClN5O4. The molecule has 0 saturated carbocycles. The van der Waals surface area contributed by atoms with Crippen molar-refractivity contribution in [3.63, 3.8) is 0 Å². The number of methoxy groups -OCH3 is 1. The maximum Gasteiger partial charge on any atom is 0.357 e. The number of hydrogen-bond acceptors (Lipinski definition) is 7. The van der Waals surface area contributed by atoms with Crippen molar-refractivity contribution in [2.75, 3.05) is 50.5 Å². The molecule has 0 radical (unpaired) electrons. The first-order valence-electron chi connectivity index (χ1n) is 11.9. The number of esters is 1. The quantitative estimate of drug-likeness (QED) is 0.465. The van der Waals surface area contributed by atoms with Crippen LogP contribution in [0.4, 0.5) is 11.4 Å². The Morgan fingerprint density at radius 1 is 1.11 bits per heavy atom. The van der Waals surface area contributed by atoms with E-state index in [4.69, 9.17) is 26.8 Å². The summed E-state index contributed by atoms with van der Waals surface area (Å²) >= 11 is 6.64. The van der Waals surface area contributed by atoms with E-state index in [2.05, 4.69) is 4.90 Å². The van der Waals surface area contributed by atoms with Gasteiger partial charge in [0.05, 0.1) is 35.7 Å². The molecule has 1 aliphatic heterocycles. The Morgan fingerprint density at radius 3 is 2.41 bits per heavy atom. The van der Waals surface area contributed by atoms with Crippen molar-refractivity contribution in [3.05, 3.63) is 70.5 Å². The molecule has 0 aliphatic carbocycles. The first kappa shape index (κ1) is 25.9. The maximum atomic E-state index is 13.0. The van der Waals surface area contributed by atoms with Gasteiger partial charge >= 0.3 is 5.97 Å². The number of amides is 1. The number of anilines is 2. The van der Waals surface area contributed by atoms with Gasteiger partial charge in [-0.1, -0.05) is 18.5 Å². The molecule has 2 N–H and O–H groups in total. The fraction of sp³-hybridized carbons (Fsp3) is 0.296. The Hall–Kier alpha value is -4.16. The Bertz CT molecular complexity index is 1340. The summed E-state index contributed by atoms with van der Waals surface area (Å²) in [5.74, 6) is 0.0894. The molecule has 0 unspecified atom stereocenters. The monoisotopic (exact) mass is 521 g/mol. The highest BCUT2D eigenvalue weighted by molar-refractivity contribution is 6.33. The van der Waals surface area contributed by atoms with Crippen LogP contribution in [0.25, 0.3) is 5.69 Å². The number of carbonyl (C=O) groups excluding carboxylic acids is 2. The van der Waals surface area contributed by atoms with Crippen LogP contribution in [0, 0.1) is 11.3 Å². The maximum absolute atomic E-state index is 13.0. The van der Waals surface area contributed by atoms with Crippen LogP contribution in [0.3, 0.4) is 0 Å². The van der Waals surface area contributed by atoms with Crippen molar-refractivity contribution in [1.29, 1.82) is 5.26 Å². The molecule has 10 heteroatoms. The topological polar surface area (TPSA) is 114 Å². The summed E-state index contributed by atoms with van der Waals surface area (Å²) < 4.78 is 11.9. The van der Waals surface area contributed by atoms with Gasteiger partial charge in [-0.3, -0.25) is 4.79 Å². The zero-order valence-electron chi connectivity index (χ0n) is 20.7. The van der Waals surface area contributed by atoms with Gasteiger partial charge in [0.2, 0.25) is 0 Å². The lowest BCUT2D eigenvalue weighted by molar-refractivity contribution is 0.0592. The number of nitrogen functional groups attached to an aromatic ring is 1. The minimum absolute atomic E-state index is 0.0167. The highest BCUT2D eigenvalue weighted by Gasteiger charge is 2.25. The third-order valence-electron chi connectivity index (χ3n) is 6.23. The Labute approximate surface area is 220 Å². The molecular weight excluding hydrogens is 494 g/mol. The van der Waals surface area contributed by atoms with Crippen molar-refractivity contribution in [2.24, 2.45) is 0 Å². The van der Waals surface area contributed by atoms with Crippen molar-refractivity contribution < 1.29 is 19.1 Å². The van der Waals surface area contributed by atoms with Crippen LogP contribution >= 0.6 is 11.6 Å². The molecule has 1 fully saturated rings. The van der Waals surface area contributed by atoms with Crippen LogP contribution in [-0.2, 0) is 4.74 Å². The first-order valence-corrected chi connectivity index (χ1v) is 12.3. The van der Waals surface area contributed by atoms with Crippen LogP contribution in [0.2, 0.25) is 5.02 Å². The number of aromatic nitrogens is 1. The van der Waals surface area contributed by atoms with Gasteiger partial charge in [-0.25, -0.2) is 4.79 Å². The van der Waals surface area contributed by atoms with E-state index in [1.165, 1.54) is 17.9 Å². The van der Waals surface area contributed by atoms with E-state index in [9.17, 15) is 14.9 Å². The summed E-state index contributed by atoms with van der Waals surface area (Å²) in [5.41, 5.74) is 8.31. The van der Waals surface area contributed by atoms with E-state index >= 15 is 0 Å². The summed E-state index contributed by atoms with van der Waals surface area (Å²) in [5, 5.41) is 9.81. The molecule has 4 rings (SSSR count). The predicted octanol–water partition coefficient (Wildman–Crippen LogP) is 4.12. The van der Waals surface area contributed by atoms with Gasteiger partial charge < -0.3 is 29.6 Å². The number of piperazine rings is 1. The van der Waals surface area contributed by atoms with Crippen molar-refractivity contribution in [2.45, 2.75) is 13.3 Å². The van der Waals surface area contributed by atoms with Crippen LogP contribution in [0.15, 0.2) is 48.7 Å². The van der Waals surface area contributed by atoms with Gasteiger partial charge in [0.15, 0.2) is 5.69 Å². The highest BCUT2D eigenvalue weighted by atomic mass is 35.5. The smallest absolute Gasteiger partial charge is 0.357 e. The standard InChI is InChI=1S/C27H28ClN5O4/c1-3-14-37-21-7-4-18(5-8-21)26(34)32-12-10-31(11-13-32)23-9-6-20(15-22(23)28)33-17-19(16-29)24(30)25(33)27(35)36-2/h4-9,15,17H,3,10-14,30H2,1-2H3. The number of halogens is 1. The zero-order chi connectivity index (χ0) is 26.5. The lowest BCUT2D eigenvalue weighted by Crippen LogP contribution is -2.48. The van der Waals surface area contributed by atoms with Crippen LogP contribution < -0.4 is 15.4 Å². The number of nitriles is 1. The fourth-order valence-corrected chi connectivity index (χ4v) is 4.56. The Morgan fingerprint density at radius 2 is 1.81 bits per heavy atom. The molecule has 1 aromatic heterocycles. The second-order valence-electron chi connectivity index (χ2n) is 8.57. The van der Waals surface area contributed by atoms with Crippen molar-refractivity contribution in [1.82, 2.24) is 9.47 Å². The SMILES string of the molecule is CCCOc1ccc(C(=O)N2CCN(c3ccc(-n4cc(C#N)c(N)c4C(=O)OC)cc3Cl)CC2)cc1. The molecule has 3 aromatic rings. The number of benzene rings is 2. The van der Waals surface area contributed by atoms with Gasteiger partial charge in [0.1, 0.15) is 11.8 Å². The Balaban J connectivity index is 1.46. The molecule has 0 bridgehead atoms. The van der Waals surface area contributed by atoms with Gasteiger partial charge in [-0.05, 0) is 48.9 Å². The van der Waals surface area contributed by atoms with E-state index in [1.807, 2.05) is 36.1 Å². The second-order valence-corrected chi connectivity index (χ2v) is 8.97. The van der Waals surface area contributed by atoms with Gasteiger partial charge in [0.25, 0.3) is 5.91 Å². The fourth-order valence-electron chi connectivity index (χ4n) is 4.27. The van der Waals surface area contributed by atoms with E-state index in [0.29, 0.717) is 49.1 Å². The first-order chi connectivity index (χ1) is 17.9. The minimum atomic E-state index is -0.650. The second kappa shape index (κ2) is 11.3. The summed E-state index contributed by atoms with van der Waals surface area (Å²) in [6.45, 7) is 5.03. The van der Waals surface area contributed by atoms with E-state index < -0.39 is 5.97 Å². The lowest BCUT2D eigenvalue weighted by Gasteiger charge is -2.36. The Kier molecular flexibility index (Phi) is 7.89. The third kappa shape index (κ3) is 5.34. The van der Waals surface area contributed by atoms with E-state index in [1.54, 1.807) is 24.3 Å². The zero-order valence-corrected chi connectivity index (χ0v) is 21.5. The summed E-state index contributed by atoms with van der Waals surface area (Å²) in [4.78, 5) is 29.2. The number of rotatable bonds is 7. The predicted molar refractivity (Wildman–Crippen MR) is 142 cm³/mol. The molecule has 2 heterocycles. The number of hydrogen-bond donors (Lipinski definition) is 1. The molecule has 0 atom stereocenters. The van der Waals surface area contributed by atoms with Crippen LogP contribution in [0.5, 0.6) is 5.75 Å². The number of nitrogens with two attached hydrogens (primary N) is 1. The number of nitrogens with zero attached hydrogens (tertiary/aromatic N) is 4. The molecule has 192 valence electrons. The van der Waals surface area contributed by atoms with Crippen LogP contribution in [0.1, 0.15) is 39.8 Å². The van der Waals surface area contributed by atoms with E-state index in [-0.39, 0.29) is 22.9 Å².